The fraction of sp³-hybridized carbons (Fsp3) is 0.273. The van der Waals surface area contributed by atoms with Crippen molar-refractivity contribution in [2.75, 3.05) is 11.9 Å². The van der Waals surface area contributed by atoms with Crippen LogP contribution in [-0.2, 0) is 20.8 Å². The summed E-state index contributed by atoms with van der Waals surface area (Å²) in [5.41, 5.74) is 4.74. The molecular formula is C22H24N4O4. The first-order chi connectivity index (χ1) is 14.5. The number of carbonyl (C=O) groups is 3. The number of benzene rings is 2. The lowest BCUT2D eigenvalue weighted by molar-refractivity contribution is -0.139. The van der Waals surface area contributed by atoms with Gasteiger partial charge in [0.25, 0.3) is 5.91 Å². The second-order valence-corrected chi connectivity index (χ2v) is 6.91. The van der Waals surface area contributed by atoms with E-state index in [2.05, 4.69) is 28.1 Å². The third kappa shape index (κ3) is 6.73. The Morgan fingerprint density at radius 2 is 1.87 bits per heavy atom. The highest BCUT2D eigenvalue weighted by molar-refractivity contribution is 6.35. The zero-order valence-electron chi connectivity index (χ0n) is 16.7. The van der Waals surface area contributed by atoms with E-state index in [1.165, 1.54) is 11.8 Å². The number of carbonyl (C=O) groups excluding carboxylic acids is 3. The number of hydrogen-bond acceptors (Lipinski definition) is 5. The summed E-state index contributed by atoms with van der Waals surface area (Å²) in [5, 5.41) is 9.13. The topological polar surface area (TPSA) is 109 Å². The predicted octanol–water partition coefficient (Wildman–Crippen LogP) is 2.00. The van der Waals surface area contributed by atoms with E-state index in [1.54, 1.807) is 24.3 Å². The zero-order valence-corrected chi connectivity index (χ0v) is 16.7. The van der Waals surface area contributed by atoms with E-state index >= 15 is 0 Å². The number of hydrazone groups is 1. The number of amides is 3. The Balaban J connectivity index is 1.45. The maximum absolute atomic E-state index is 12.1. The average molecular weight is 408 g/mol. The van der Waals surface area contributed by atoms with Crippen LogP contribution in [0.1, 0.15) is 30.9 Å². The Kier molecular flexibility index (Phi) is 7.15. The van der Waals surface area contributed by atoms with E-state index in [-0.39, 0.29) is 18.6 Å². The molecule has 0 unspecified atom stereocenters. The molecule has 156 valence electrons. The number of ether oxygens (including phenoxy) is 1. The minimum atomic E-state index is -0.811. The van der Waals surface area contributed by atoms with Crippen molar-refractivity contribution in [1.29, 1.82) is 0 Å². The normalized spacial score (nSPS) is 13.0. The van der Waals surface area contributed by atoms with Crippen LogP contribution in [0.4, 0.5) is 5.69 Å². The molecule has 0 radical (unpaired) electrons. The van der Waals surface area contributed by atoms with E-state index < -0.39 is 11.8 Å². The third-order valence-electron chi connectivity index (χ3n) is 4.37. The summed E-state index contributed by atoms with van der Waals surface area (Å²) in [6, 6.07) is 14.6. The second-order valence-electron chi connectivity index (χ2n) is 6.91. The van der Waals surface area contributed by atoms with Gasteiger partial charge in [-0.2, -0.15) is 5.10 Å². The van der Waals surface area contributed by atoms with Gasteiger partial charge in [0.15, 0.2) is 6.61 Å². The van der Waals surface area contributed by atoms with Crippen molar-refractivity contribution in [3.05, 3.63) is 59.7 Å². The highest BCUT2D eigenvalue weighted by Gasteiger charge is 2.26. The third-order valence-corrected chi connectivity index (χ3v) is 4.37. The Bertz CT molecular complexity index is 936. The monoisotopic (exact) mass is 408 g/mol. The summed E-state index contributed by atoms with van der Waals surface area (Å²) in [7, 11) is 0. The maximum atomic E-state index is 12.1. The second kappa shape index (κ2) is 10.2. The molecule has 0 heterocycles. The molecule has 0 atom stereocenters. The summed E-state index contributed by atoms with van der Waals surface area (Å²) < 4.78 is 5.52. The first-order valence-corrected chi connectivity index (χ1v) is 9.79. The Morgan fingerprint density at radius 1 is 1.10 bits per heavy atom. The SMILES string of the molecule is CCc1ccc(NC(=O)COc2cccc(/C=N\NC(=O)C(=O)NC3CC3)c2)cc1. The van der Waals surface area contributed by atoms with E-state index in [1.807, 2.05) is 24.3 Å². The molecule has 3 rings (SSSR count). The molecule has 0 aromatic heterocycles. The molecule has 3 amide bonds. The number of nitrogens with zero attached hydrogens (tertiary/aromatic N) is 1. The minimum absolute atomic E-state index is 0.106. The summed E-state index contributed by atoms with van der Waals surface area (Å²) in [5.74, 6) is -1.29. The molecule has 2 aromatic carbocycles. The average Bonchev–Trinajstić information content (AvgIpc) is 3.57. The lowest BCUT2D eigenvalue weighted by Gasteiger charge is -2.08. The summed E-state index contributed by atoms with van der Waals surface area (Å²) in [4.78, 5) is 35.2. The number of anilines is 1. The fourth-order valence-corrected chi connectivity index (χ4v) is 2.55. The quantitative estimate of drug-likeness (QED) is 0.353. The van der Waals surface area contributed by atoms with Crippen LogP contribution in [0.25, 0.3) is 0 Å². The smallest absolute Gasteiger partial charge is 0.329 e. The van der Waals surface area contributed by atoms with Crippen LogP contribution < -0.4 is 20.8 Å². The van der Waals surface area contributed by atoms with E-state index in [9.17, 15) is 14.4 Å². The molecule has 8 heteroatoms. The van der Waals surface area contributed by atoms with Crippen molar-refractivity contribution < 1.29 is 19.1 Å². The van der Waals surface area contributed by atoms with E-state index in [4.69, 9.17) is 4.74 Å². The Hall–Kier alpha value is -3.68. The molecule has 0 aliphatic heterocycles. The van der Waals surface area contributed by atoms with Crippen molar-refractivity contribution in [2.24, 2.45) is 5.10 Å². The highest BCUT2D eigenvalue weighted by atomic mass is 16.5. The maximum Gasteiger partial charge on any atom is 0.329 e. The predicted molar refractivity (Wildman–Crippen MR) is 113 cm³/mol. The van der Waals surface area contributed by atoms with Gasteiger partial charge in [-0.3, -0.25) is 14.4 Å². The van der Waals surface area contributed by atoms with Gasteiger partial charge >= 0.3 is 11.8 Å². The molecule has 0 bridgehead atoms. The van der Waals surface area contributed by atoms with Gasteiger partial charge in [-0.25, -0.2) is 5.43 Å². The van der Waals surface area contributed by atoms with Crippen LogP contribution in [0.3, 0.4) is 0 Å². The Morgan fingerprint density at radius 3 is 2.57 bits per heavy atom. The molecule has 30 heavy (non-hydrogen) atoms. The molecular weight excluding hydrogens is 384 g/mol. The van der Waals surface area contributed by atoms with Crippen LogP contribution in [0, 0.1) is 0 Å². The van der Waals surface area contributed by atoms with E-state index in [0.717, 1.165) is 19.3 Å². The lowest BCUT2D eigenvalue weighted by Crippen LogP contribution is -2.38. The molecule has 1 saturated carbocycles. The zero-order chi connectivity index (χ0) is 21.3. The standard InChI is InChI=1S/C22H24N4O4/c1-2-15-6-8-17(9-7-15)24-20(27)14-30-19-5-3-4-16(12-19)13-23-26-22(29)21(28)25-18-10-11-18/h3-9,12-13,18H,2,10-11,14H2,1H3,(H,24,27)(H,25,28)(H,26,29)/b23-13-. The van der Waals surface area contributed by atoms with Crippen molar-refractivity contribution >= 4 is 29.6 Å². The highest BCUT2D eigenvalue weighted by Crippen LogP contribution is 2.18. The first kappa shape index (κ1) is 21.0. The molecule has 0 spiro atoms. The van der Waals surface area contributed by atoms with Crippen molar-refractivity contribution in [3.8, 4) is 5.75 Å². The number of rotatable bonds is 8. The van der Waals surface area contributed by atoms with Gasteiger partial charge in [0.1, 0.15) is 5.75 Å². The van der Waals surface area contributed by atoms with E-state index in [0.29, 0.717) is 17.0 Å². The van der Waals surface area contributed by atoms with Gasteiger partial charge < -0.3 is 15.4 Å². The van der Waals surface area contributed by atoms with Crippen LogP contribution in [-0.4, -0.2) is 36.6 Å². The van der Waals surface area contributed by atoms with Gasteiger partial charge in [0, 0.05) is 11.7 Å². The van der Waals surface area contributed by atoms with Gasteiger partial charge in [0.2, 0.25) is 0 Å². The van der Waals surface area contributed by atoms with Crippen LogP contribution in [0.15, 0.2) is 53.6 Å². The molecule has 8 nitrogen and oxygen atoms in total. The summed E-state index contributed by atoms with van der Waals surface area (Å²) in [6.45, 7) is 1.92. The first-order valence-electron chi connectivity index (χ1n) is 9.79. The number of nitrogens with one attached hydrogen (secondary N) is 3. The van der Waals surface area contributed by atoms with Crippen molar-refractivity contribution in [2.45, 2.75) is 32.2 Å². The number of hydrogen-bond donors (Lipinski definition) is 3. The summed E-state index contributed by atoms with van der Waals surface area (Å²) in [6.07, 6.45) is 4.13. The Labute approximate surface area is 174 Å². The summed E-state index contributed by atoms with van der Waals surface area (Å²) >= 11 is 0. The molecule has 3 N–H and O–H groups in total. The van der Waals surface area contributed by atoms with Crippen molar-refractivity contribution in [3.63, 3.8) is 0 Å². The molecule has 0 saturated heterocycles. The van der Waals surface area contributed by atoms with Gasteiger partial charge in [0.05, 0.1) is 6.21 Å². The van der Waals surface area contributed by atoms with Crippen molar-refractivity contribution in [1.82, 2.24) is 10.7 Å². The lowest BCUT2D eigenvalue weighted by atomic mass is 10.1. The molecule has 1 aliphatic rings. The molecule has 2 aromatic rings. The van der Waals surface area contributed by atoms with Gasteiger partial charge in [-0.1, -0.05) is 31.2 Å². The van der Waals surface area contributed by atoms with Crippen LogP contribution in [0.5, 0.6) is 5.75 Å². The molecule has 1 fully saturated rings. The largest absolute Gasteiger partial charge is 0.484 e. The van der Waals surface area contributed by atoms with Crippen LogP contribution >= 0.6 is 0 Å². The minimum Gasteiger partial charge on any atom is -0.484 e. The fourth-order valence-electron chi connectivity index (χ4n) is 2.55. The van der Waals surface area contributed by atoms with Gasteiger partial charge in [-0.15, -0.1) is 0 Å². The van der Waals surface area contributed by atoms with Gasteiger partial charge in [-0.05, 0) is 54.7 Å². The molecule has 1 aliphatic carbocycles. The van der Waals surface area contributed by atoms with Crippen LogP contribution in [0.2, 0.25) is 0 Å². The number of aryl methyl sites for hydroxylation is 1.